The van der Waals surface area contributed by atoms with Crippen LogP contribution >= 0.6 is 0 Å². The maximum atomic E-state index is 5.54. The number of hydrogen-bond acceptors (Lipinski definition) is 4. The number of aromatic nitrogens is 2. The van der Waals surface area contributed by atoms with Crippen molar-refractivity contribution in [2.24, 2.45) is 11.7 Å². The van der Waals surface area contributed by atoms with Gasteiger partial charge in [-0.3, -0.25) is 0 Å². The van der Waals surface area contributed by atoms with Crippen LogP contribution in [0.15, 0.2) is 12.4 Å². The second kappa shape index (κ2) is 4.78. The summed E-state index contributed by atoms with van der Waals surface area (Å²) in [6, 6.07) is 0.587. The Morgan fingerprint density at radius 1 is 1.44 bits per heavy atom. The lowest BCUT2D eigenvalue weighted by Gasteiger charge is -2.27. The molecule has 2 rings (SSSR count). The lowest BCUT2D eigenvalue weighted by atomic mass is 10.0. The molecule has 0 bridgehead atoms. The fourth-order valence-electron chi connectivity index (χ4n) is 2.34. The lowest BCUT2D eigenvalue weighted by molar-refractivity contribution is 0.487. The first-order valence-electron chi connectivity index (χ1n) is 6.00. The summed E-state index contributed by atoms with van der Waals surface area (Å²) in [5.41, 5.74) is 6.53. The van der Waals surface area contributed by atoms with Crippen LogP contribution in [0.2, 0.25) is 0 Å². The molecule has 1 fully saturated rings. The Morgan fingerprint density at radius 3 is 2.69 bits per heavy atom. The highest BCUT2D eigenvalue weighted by molar-refractivity contribution is 5.33. The summed E-state index contributed by atoms with van der Waals surface area (Å²) in [7, 11) is 0. The van der Waals surface area contributed by atoms with Gasteiger partial charge in [-0.2, -0.15) is 0 Å². The van der Waals surface area contributed by atoms with E-state index in [4.69, 9.17) is 5.73 Å². The van der Waals surface area contributed by atoms with Crippen LogP contribution in [0, 0.1) is 5.92 Å². The van der Waals surface area contributed by atoms with Crippen molar-refractivity contribution in [3.8, 4) is 0 Å². The van der Waals surface area contributed by atoms with Crippen molar-refractivity contribution in [3.63, 3.8) is 0 Å². The number of anilines is 1. The molecule has 2 heterocycles. The van der Waals surface area contributed by atoms with Crippen molar-refractivity contribution >= 4 is 5.95 Å². The van der Waals surface area contributed by atoms with Gasteiger partial charge in [-0.25, -0.2) is 9.97 Å². The van der Waals surface area contributed by atoms with Crippen LogP contribution in [0.3, 0.4) is 0 Å². The zero-order chi connectivity index (χ0) is 11.5. The molecule has 0 saturated carbocycles. The van der Waals surface area contributed by atoms with Gasteiger partial charge in [0.25, 0.3) is 0 Å². The summed E-state index contributed by atoms with van der Waals surface area (Å²) >= 11 is 0. The average Bonchev–Trinajstić information content (AvgIpc) is 2.78. The molecule has 1 aliphatic heterocycles. The Bertz CT molecular complexity index is 333. The van der Waals surface area contributed by atoms with E-state index in [0.29, 0.717) is 18.5 Å². The van der Waals surface area contributed by atoms with Crippen LogP contribution < -0.4 is 10.6 Å². The summed E-state index contributed by atoms with van der Waals surface area (Å²) in [4.78, 5) is 11.1. The molecule has 1 unspecified atom stereocenters. The predicted octanol–water partition coefficient (Wildman–Crippen LogP) is 1.56. The maximum Gasteiger partial charge on any atom is 0.225 e. The minimum absolute atomic E-state index is 0.508. The van der Waals surface area contributed by atoms with E-state index in [1.54, 1.807) is 0 Å². The first-order chi connectivity index (χ1) is 7.72. The van der Waals surface area contributed by atoms with Gasteiger partial charge in [-0.1, -0.05) is 13.8 Å². The highest BCUT2D eigenvalue weighted by atomic mass is 15.3. The quantitative estimate of drug-likeness (QED) is 0.840. The van der Waals surface area contributed by atoms with Gasteiger partial charge < -0.3 is 10.6 Å². The summed E-state index contributed by atoms with van der Waals surface area (Å²) < 4.78 is 0. The molecule has 4 nitrogen and oxygen atoms in total. The highest BCUT2D eigenvalue weighted by Gasteiger charge is 2.28. The standard InChI is InChI=1S/C12H20N4/c1-9(2)11-4-3-5-16(11)12-14-7-10(6-13)8-15-12/h7-9,11H,3-6,13H2,1-2H3. The van der Waals surface area contributed by atoms with Crippen LogP contribution in [-0.4, -0.2) is 22.6 Å². The second-order valence-electron chi connectivity index (χ2n) is 4.74. The van der Waals surface area contributed by atoms with Gasteiger partial charge in [0, 0.05) is 37.1 Å². The van der Waals surface area contributed by atoms with Crippen LogP contribution in [0.25, 0.3) is 0 Å². The second-order valence-corrected chi connectivity index (χ2v) is 4.74. The highest BCUT2D eigenvalue weighted by Crippen LogP contribution is 2.26. The lowest BCUT2D eigenvalue weighted by Crippen LogP contribution is -2.34. The van der Waals surface area contributed by atoms with E-state index in [-0.39, 0.29) is 0 Å². The molecule has 1 saturated heterocycles. The van der Waals surface area contributed by atoms with Crippen LogP contribution in [0.4, 0.5) is 5.95 Å². The van der Waals surface area contributed by atoms with Crippen molar-refractivity contribution in [1.82, 2.24) is 9.97 Å². The van der Waals surface area contributed by atoms with E-state index in [1.165, 1.54) is 12.8 Å². The van der Waals surface area contributed by atoms with Crippen LogP contribution in [0.1, 0.15) is 32.3 Å². The van der Waals surface area contributed by atoms with Gasteiger partial charge >= 0.3 is 0 Å². The van der Waals surface area contributed by atoms with E-state index < -0.39 is 0 Å². The first kappa shape index (κ1) is 11.3. The Kier molecular flexibility index (Phi) is 3.39. The van der Waals surface area contributed by atoms with Gasteiger partial charge in [-0.05, 0) is 18.8 Å². The number of hydrogen-bond donors (Lipinski definition) is 1. The molecule has 4 heteroatoms. The SMILES string of the molecule is CC(C)C1CCCN1c1ncc(CN)cn1. The minimum Gasteiger partial charge on any atom is -0.338 e. The molecule has 1 aromatic heterocycles. The molecule has 0 amide bonds. The Balaban J connectivity index is 2.16. The molecular formula is C12H20N4. The Morgan fingerprint density at radius 2 is 2.12 bits per heavy atom. The van der Waals surface area contributed by atoms with Crippen molar-refractivity contribution in [1.29, 1.82) is 0 Å². The zero-order valence-electron chi connectivity index (χ0n) is 10.1. The molecule has 2 N–H and O–H groups in total. The van der Waals surface area contributed by atoms with Gasteiger partial charge in [0.05, 0.1) is 0 Å². The summed E-state index contributed by atoms with van der Waals surface area (Å²) in [5, 5.41) is 0. The van der Waals surface area contributed by atoms with E-state index in [0.717, 1.165) is 18.1 Å². The first-order valence-corrected chi connectivity index (χ1v) is 6.00. The van der Waals surface area contributed by atoms with Gasteiger partial charge in [0.1, 0.15) is 0 Å². The molecule has 16 heavy (non-hydrogen) atoms. The predicted molar refractivity (Wildman–Crippen MR) is 65.1 cm³/mol. The van der Waals surface area contributed by atoms with E-state index in [1.807, 2.05) is 12.4 Å². The maximum absolute atomic E-state index is 5.54. The van der Waals surface area contributed by atoms with Gasteiger partial charge in [0.15, 0.2) is 0 Å². The van der Waals surface area contributed by atoms with Gasteiger partial charge in [0.2, 0.25) is 5.95 Å². The largest absolute Gasteiger partial charge is 0.338 e. The molecular weight excluding hydrogens is 200 g/mol. The van der Waals surface area contributed by atoms with Crippen molar-refractivity contribution in [3.05, 3.63) is 18.0 Å². The molecule has 0 aromatic carbocycles. The number of nitrogens with zero attached hydrogens (tertiary/aromatic N) is 3. The van der Waals surface area contributed by atoms with Crippen LogP contribution in [-0.2, 0) is 6.54 Å². The monoisotopic (exact) mass is 220 g/mol. The number of nitrogens with two attached hydrogens (primary N) is 1. The smallest absolute Gasteiger partial charge is 0.225 e. The third kappa shape index (κ3) is 2.16. The molecule has 88 valence electrons. The topological polar surface area (TPSA) is 55.0 Å². The Labute approximate surface area is 96.9 Å². The van der Waals surface area contributed by atoms with Gasteiger partial charge in [-0.15, -0.1) is 0 Å². The molecule has 1 aliphatic rings. The summed E-state index contributed by atoms with van der Waals surface area (Å²) in [5.74, 6) is 1.51. The summed E-state index contributed by atoms with van der Waals surface area (Å²) in [6.07, 6.45) is 6.15. The zero-order valence-corrected chi connectivity index (χ0v) is 10.1. The summed E-state index contributed by atoms with van der Waals surface area (Å²) in [6.45, 7) is 6.10. The van der Waals surface area contributed by atoms with E-state index in [2.05, 4.69) is 28.7 Å². The van der Waals surface area contributed by atoms with Crippen molar-refractivity contribution in [2.45, 2.75) is 39.3 Å². The third-order valence-corrected chi connectivity index (χ3v) is 3.25. The van der Waals surface area contributed by atoms with Crippen molar-refractivity contribution < 1.29 is 0 Å². The number of rotatable bonds is 3. The molecule has 0 aliphatic carbocycles. The Hall–Kier alpha value is -1.16. The normalized spacial score (nSPS) is 20.8. The fraction of sp³-hybridized carbons (Fsp3) is 0.667. The van der Waals surface area contributed by atoms with E-state index >= 15 is 0 Å². The third-order valence-electron chi connectivity index (χ3n) is 3.25. The molecule has 0 spiro atoms. The van der Waals surface area contributed by atoms with Crippen molar-refractivity contribution in [2.75, 3.05) is 11.4 Å². The molecule has 1 aromatic rings. The minimum atomic E-state index is 0.508. The van der Waals surface area contributed by atoms with E-state index in [9.17, 15) is 0 Å². The average molecular weight is 220 g/mol. The fourth-order valence-corrected chi connectivity index (χ4v) is 2.34. The molecule has 1 atom stereocenters. The van der Waals surface area contributed by atoms with Crippen LogP contribution in [0.5, 0.6) is 0 Å². The molecule has 0 radical (unpaired) electrons.